The molecule has 0 unspecified atom stereocenters. The van der Waals surface area contributed by atoms with Crippen molar-refractivity contribution in [3.63, 3.8) is 0 Å². The summed E-state index contributed by atoms with van der Waals surface area (Å²) in [5, 5.41) is 0. The highest BCUT2D eigenvalue weighted by atomic mass is 32.2. The van der Waals surface area contributed by atoms with Crippen LogP contribution in [0.4, 0.5) is 0 Å². The molecule has 1 aliphatic heterocycles. The lowest BCUT2D eigenvalue weighted by Gasteiger charge is -2.27. The first-order valence-corrected chi connectivity index (χ1v) is 12.3. The molecule has 1 saturated carbocycles. The Morgan fingerprint density at radius 1 is 1.15 bits per heavy atom. The number of carbonyl (C=O) groups excluding carboxylic acids is 1. The number of thioether (sulfide) groups is 1. The number of hydrogen-bond acceptors (Lipinski definition) is 5. The number of rotatable bonds is 5. The summed E-state index contributed by atoms with van der Waals surface area (Å²) in [7, 11) is -3.64. The molecule has 1 amide bonds. The minimum atomic E-state index is -3.64. The molecule has 0 radical (unpaired) electrons. The van der Waals surface area contributed by atoms with Crippen molar-refractivity contribution in [2.75, 3.05) is 32.6 Å². The minimum absolute atomic E-state index is 0.0175. The van der Waals surface area contributed by atoms with Crippen molar-refractivity contribution in [1.29, 1.82) is 0 Å². The second kappa shape index (κ2) is 9.41. The SMILES string of the molecule is CSc1ccc(S(=O)(=O)NC2CCCCCC2)cc1C(=O)N1CCOCC1. The Morgan fingerprint density at radius 2 is 1.81 bits per heavy atom. The highest BCUT2D eigenvalue weighted by Gasteiger charge is 2.25. The van der Waals surface area contributed by atoms with Crippen LogP contribution in [0.1, 0.15) is 48.9 Å². The molecule has 1 heterocycles. The van der Waals surface area contributed by atoms with E-state index in [-0.39, 0.29) is 16.8 Å². The molecule has 1 saturated heterocycles. The Kier molecular flexibility index (Phi) is 7.19. The number of amides is 1. The zero-order valence-electron chi connectivity index (χ0n) is 15.8. The topological polar surface area (TPSA) is 75.7 Å². The van der Waals surface area contributed by atoms with Gasteiger partial charge in [0.1, 0.15) is 0 Å². The maximum Gasteiger partial charge on any atom is 0.255 e. The average Bonchev–Trinajstić information content (AvgIpc) is 2.95. The van der Waals surface area contributed by atoms with Gasteiger partial charge in [-0.3, -0.25) is 4.79 Å². The standard InChI is InChI=1S/C19H28N2O4S2/c1-26-18-9-8-16(14-17(18)19(22)21-10-12-25-13-11-21)27(23,24)20-15-6-4-2-3-5-7-15/h8-9,14-15,20H,2-7,10-13H2,1H3. The lowest BCUT2D eigenvalue weighted by atomic mass is 10.1. The molecule has 0 atom stereocenters. The normalized spacial score (nSPS) is 19.7. The van der Waals surface area contributed by atoms with E-state index in [1.54, 1.807) is 17.0 Å². The molecule has 3 rings (SSSR count). The molecule has 1 aromatic carbocycles. The second-order valence-electron chi connectivity index (χ2n) is 7.08. The number of benzene rings is 1. The van der Waals surface area contributed by atoms with Gasteiger partial charge >= 0.3 is 0 Å². The lowest BCUT2D eigenvalue weighted by molar-refractivity contribution is 0.0300. The third kappa shape index (κ3) is 5.25. The van der Waals surface area contributed by atoms with Crippen molar-refractivity contribution in [1.82, 2.24) is 9.62 Å². The van der Waals surface area contributed by atoms with Crippen LogP contribution in [0, 0.1) is 0 Å². The fourth-order valence-corrected chi connectivity index (χ4v) is 5.54. The van der Waals surface area contributed by atoms with Crippen LogP contribution in [0.3, 0.4) is 0 Å². The summed E-state index contributed by atoms with van der Waals surface area (Å²) in [6, 6.07) is 4.85. The van der Waals surface area contributed by atoms with Gasteiger partial charge in [-0.1, -0.05) is 25.7 Å². The highest BCUT2D eigenvalue weighted by Crippen LogP contribution is 2.26. The molecule has 0 aromatic heterocycles. The van der Waals surface area contributed by atoms with E-state index in [0.717, 1.165) is 30.6 Å². The fraction of sp³-hybridized carbons (Fsp3) is 0.632. The molecular weight excluding hydrogens is 384 g/mol. The number of hydrogen-bond donors (Lipinski definition) is 1. The van der Waals surface area contributed by atoms with E-state index < -0.39 is 10.0 Å². The summed E-state index contributed by atoms with van der Waals surface area (Å²) in [5.74, 6) is -0.130. The Balaban J connectivity index is 1.83. The summed E-state index contributed by atoms with van der Waals surface area (Å²) in [4.78, 5) is 15.6. The third-order valence-electron chi connectivity index (χ3n) is 5.19. The molecule has 150 valence electrons. The van der Waals surface area contributed by atoms with Crippen LogP contribution in [0.2, 0.25) is 0 Å². The van der Waals surface area contributed by atoms with Crippen LogP contribution in [0.5, 0.6) is 0 Å². The largest absolute Gasteiger partial charge is 0.378 e. The molecule has 6 nitrogen and oxygen atoms in total. The summed E-state index contributed by atoms with van der Waals surface area (Å²) in [6.07, 6.45) is 8.09. The van der Waals surface area contributed by atoms with Gasteiger partial charge in [0.05, 0.1) is 23.7 Å². The van der Waals surface area contributed by atoms with E-state index >= 15 is 0 Å². The van der Waals surface area contributed by atoms with Gasteiger partial charge in [-0.25, -0.2) is 13.1 Å². The van der Waals surface area contributed by atoms with Crippen molar-refractivity contribution in [3.8, 4) is 0 Å². The molecule has 0 spiro atoms. The van der Waals surface area contributed by atoms with E-state index in [9.17, 15) is 13.2 Å². The maximum absolute atomic E-state index is 12.9. The van der Waals surface area contributed by atoms with Crippen LogP contribution < -0.4 is 4.72 Å². The fourth-order valence-electron chi connectivity index (χ4n) is 3.64. The number of ether oxygens (including phenoxy) is 1. The second-order valence-corrected chi connectivity index (χ2v) is 9.64. The first-order chi connectivity index (χ1) is 13.0. The molecule has 8 heteroatoms. The number of morpholine rings is 1. The number of sulfonamides is 1. The van der Waals surface area contributed by atoms with Crippen molar-refractivity contribution >= 4 is 27.7 Å². The zero-order chi connectivity index (χ0) is 19.3. The van der Waals surface area contributed by atoms with Gasteiger partial charge < -0.3 is 9.64 Å². The van der Waals surface area contributed by atoms with E-state index in [2.05, 4.69) is 4.72 Å². The van der Waals surface area contributed by atoms with E-state index in [0.29, 0.717) is 31.9 Å². The van der Waals surface area contributed by atoms with Crippen LogP contribution in [-0.2, 0) is 14.8 Å². The van der Waals surface area contributed by atoms with E-state index in [1.807, 2.05) is 6.26 Å². The summed E-state index contributed by atoms with van der Waals surface area (Å²) in [6.45, 7) is 2.09. The molecular formula is C19H28N2O4S2. The number of carbonyl (C=O) groups is 1. The molecule has 1 N–H and O–H groups in total. The Hall–Kier alpha value is -1.09. The third-order valence-corrected chi connectivity index (χ3v) is 7.50. The molecule has 2 aliphatic rings. The molecule has 1 aromatic rings. The van der Waals surface area contributed by atoms with Crippen LogP contribution in [0.25, 0.3) is 0 Å². The molecule has 2 fully saturated rings. The predicted octanol–water partition coefficient (Wildman–Crippen LogP) is 2.88. The quantitative estimate of drug-likeness (QED) is 0.594. The number of nitrogens with zero attached hydrogens (tertiary/aromatic N) is 1. The van der Waals surface area contributed by atoms with Crippen molar-refractivity contribution in [2.24, 2.45) is 0 Å². The molecule has 1 aliphatic carbocycles. The molecule has 27 heavy (non-hydrogen) atoms. The van der Waals surface area contributed by atoms with E-state index in [4.69, 9.17) is 4.74 Å². The van der Waals surface area contributed by atoms with E-state index in [1.165, 1.54) is 30.7 Å². The summed E-state index contributed by atoms with van der Waals surface area (Å²) in [5.41, 5.74) is 0.452. The maximum atomic E-state index is 12.9. The summed E-state index contributed by atoms with van der Waals surface area (Å²) < 4.78 is 34.0. The van der Waals surface area contributed by atoms with Crippen molar-refractivity contribution in [3.05, 3.63) is 23.8 Å². The van der Waals surface area contributed by atoms with Gasteiger partial charge in [-0.05, 0) is 37.3 Å². The van der Waals surface area contributed by atoms with Crippen LogP contribution in [-0.4, -0.2) is 57.8 Å². The Morgan fingerprint density at radius 3 is 2.44 bits per heavy atom. The Bertz CT molecular complexity index is 753. The van der Waals surface area contributed by atoms with Gasteiger partial charge in [-0.2, -0.15) is 0 Å². The predicted molar refractivity (Wildman–Crippen MR) is 107 cm³/mol. The van der Waals surface area contributed by atoms with Crippen LogP contribution in [0.15, 0.2) is 28.0 Å². The van der Waals surface area contributed by atoms with Gasteiger partial charge in [-0.15, -0.1) is 11.8 Å². The van der Waals surface area contributed by atoms with Crippen LogP contribution >= 0.6 is 11.8 Å². The number of nitrogens with one attached hydrogen (secondary N) is 1. The van der Waals surface area contributed by atoms with Crippen molar-refractivity contribution in [2.45, 2.75) is 54.4 Å². The summed E-state index contributed by atoms with van der Waals surface area (Å²) >= 11 is 1.45. The highest BCUT2D eigenvalue weighted by molar-refractivity contribution is 7.98. The van der Waals surface area contributed by atoms with Crippen molar-refractivity contribution < 1.29 is 17.9 Å². The minimum Gasteiger partial charge on any atom is -0.378 e. The zero-order valence-corrected chi connectivity index (χ0v) is 17.4. The van der Waals surface area contributed by atoms with Gasteiger partial charge in [0.2, 0.25) is 10.0 Å². The van der Waals surface area contributed by atoms with Gasteiger partial charge in [0.15, 0.2) is 0 Å². The first-order valence-electron chi connectivity index (χ1n) is 9.58. The first kappa shape index (κ1) is 20.6. The van der Waals surface area contributed by atoms with Gasteiger partial charge in [0, 0.05) is 24.0 Å². The van der Waals surface area contributed by atoms with Gasteiger partial charge in [0.25, 0.3) is 5.91 Å². The smallest absolute Gasteiger partial charge is 0.255 e. The molecule has 0 bridgehead atoms. The monoisotopic (exact) mass is 412 g/mol. The Labute approximate surface area is 166 Å². The lowest BCUT2D eigenvalue weighted by Crippen LogP contribution is -2.41. The average molecular weight is 413 g/mol.